The molecule has 2 amide bonds. The summed E-state index contributed by atoms with van der Waals surface area (Å²) in [5.41, 5.74) is 2.94. The molecular weight excluding hydrogens is 402 g/mol. The van der Waals surface area contributed by atoms with E-state index in [0.717, 1.165) is 11.3 Å². The zero-order valence-corrected chi connectivity index (χ0v) is 16.8. The van der Waals surface area contributed by atoms with Gasteiger partial charge in [-0.2, -0.15) is 0 Å². The summed E-state index contributed by atoms with van der Waals surface area (Å²) >= 11 is 6.40. The minimum atomic E-state index is -0.857. The molecule has 3 aromatic rings. The molecule has 0 bridgehead atoms. The Morgan fingerprint density at radius 3 is 2.53 bits per heavy atom. The third-order valence-electron chi connectivity index (χ3n) is 4.90. The van der Waals surface area contributed by atoms with Gasteiger partial charge in [-0.1, -0.05) is 48.0 Å². The molecule has 0 aliphatic carbocycles. The first-order valence-corrected chi connectivity index (χ1v) is 9.88. The van der Waals surface area contributed by atoms with Gasteiger partial charge in [0.2, 0.25) is 0 Å². The molecule has 0 unspecified atom stereocenters. The lowest BCUT2D eigenvalue weighted by atomic mass is 10.1. The van der Waals surface area contributed by atoms with Crippen LogP contribution in [0.4, 0.5) is 11.4 Å². The number of amides is 2. The highest BCUT2D eigenvalue weighted by Crippen LogP contribution is 2.28. The van der Waals surface area contributed by atoms with E-state index in [1.54, 1.807) is 42.5 Å². The van der Waals surface area contributed by atoms with Crippen molar-refractivity contribution in [2.24, 2.45) is 0 Å². The number of carbonyl (C=O) groups excluding carboxylic acids is 2. The van der Waals surface area contributed by atoms with E-state index in [4.69, 9.17) is 11.6 Å². The fourth-order valence-corrected chi connectivity index (χ4v) is 3.65. The molecule has 3 aromatic carbocycles. The first-order chi connectivity index (χ1) is 14.5. The molecule has 6 nitrogen and oxygen atoms in total. The molecule has 30 heavy (non-hydrogen) atoms. The van der Waals surface area contributed by atoms with Crippen LogP contribution in [0.25, 0.3) is 0 Å². The van der Waals surface area contributed by atoms with E-state index in [9.17, 15) is 14.7 Å². The lowest BCUT2D eigenvalue weighted by molar-refractivity contribution is 0.0947. The molecule has 0 spiro atoms. The zero-order valence-electron chi connectivity index (χ0n) is 16.0. The summed E-state index contributed by atoms with van der Waals surface area (Å²) in [4.78, 5) is 27.1. The van der Waals surface area contributed by atoms with Crippen LogP contribution < -0.4 is 15.5 Å². The van der Waals surface area contributed by atoms with E-state index in [1.165, 1.54) is 4.90 Å². The first-order valence-electron chi connectivity index (χ1n) is 9.50. The average Bonchev–Trinajstić information content (AvgIpc) is 2.93. The van der Waals surface area contributed by atoms with Crippen molar-refractivity contribution >= 4 is 34.8 Å². The van der Waals surface area contributed by atoms with Gasteiger partial charge in [-0.15, -0.1) is 0 Å². The number of halogens is 1. The van der Waals surface area contributed by atoms with Crippen molar-refractivity contribution in [3.05, 3.63) is 94.5 Å². The van der Waals surface area contributed by atoms with Crippen molar-refractivity contribution in [2.75, 3.05) is 16.8 Å². The fraction of sp³-hybridized carbons (Fsp3) is 0.130. The molecule has 1 aliphatic heterocycles. The number of aliphatic hydroxyl groups excluding tert-OH is 1. The van der Waals surface area contributed by atoms with Crippen LogP contribution in [0.3, 0.4) is 0 Å². The highest BCUT2D eigenvalue weighted by atomic mass is 35.5. The summed E-state index contributed by atoms with van der Waals surface area (Å²) in [6.45, 7) is 0.554. The molecule has 1 heterocycles. The van der Waals surface area contributed by atoms with Gasteiger partial charge in [-0.25, -0.2) is 0 Å². The molecule has 0 fully saturated rings. The van der Waals surface area contributed by atoms with E-state index >= 15 is 0 Å². The lowest BCUT2D eigenvalue weighted by Gasteiger charge is -2.24. The quantitative estimate of drug-likeness (QED) is 0.602. The van der Waals surface area contributed by atoms with Crippen molar-refractivity contribution in [1.82, 2.24) is 5.32 Å². The van der Waals surface area contributed by atoms with Gasteiger partial charge >= 0.3 is 0 Å². The predicted molar refractivity (Wildman–Crippen MR) is 117 cm³/mol. The molecule has 0 aromatic heterocycles. The Bertz CT molecular complexity index is 1090. The average molecular weight is 422 g/mol. The topological polar surface area (TPSA) is 81.7 Å². The number of nitrogens with one attached hydrogen (secondary N) is 2. The summed E-state index contributed by atoms with van der Waals surface area (Å²) in [5, 5.41) is 16.1. The maximum atomic E-state index is 13.3. The number of aliphatic hydroxyl groups is 1. The van der Waals surface area contributed by atoms with Crippen molar-refractivity contribution in [3.63, 3.8) is 0 Å². The summed E-state index contributed by atoms with van der Waals surface area (Å²) in [5.74, 6) is -0.586. The SMILES string of the molecule is O=C(Nc1ccc(C(=O)N2C[C@@H](O)NCc3ccccc32)c(Cl)c1)c1ccccc1. The molecule has 3 N–H and O–H groups in total. The summed E-state index contributed by atoms with van der Waals surface area (Å²) in [6.07, 6.45) is -0.857. The van der Waals surface area contributed by atoms with Crippen LogP contribution in [0, 0.1) is 0 Å². The molecule has 0 saturated heterocycles. The molecular formula is C23H20ClN3O3. The van der Waals surface area contributed by atoms with Gasteiger partial charge in [0.15, 0.2) is 0 Å². The standard InChI is InChI=1S/C23H20ClN3O3/c24-19-12-17(26-22(29)15-6-2-1-3-7-15)10-11-18(19)23(30)27-14-21(28)25-13-16-8-4-5-9-20(16)27/h1-12,21,25,28H,13-14H2,(H,26,29)/t21-/m1/s1. The van der Waals surface area contributed by atoms with E-state index in [1.807, 2.05) is 30.3 Å². The minimum Gasteiger partial charge on any atom is -0.377 e. The highest BCUT2D eigenvalue weighted by molar-refractivity contribution is 6.35. The number of benzene rings is 3. The number of rotatable bonds is 3. The van der Waals surface area contributed by atoms with Crippen LogP contribution >= 0.6 is 11.6 Å². The Morgan fingerprint density at radius 2 is 1.77 bits per heavy atom. The number of para-hydroxylation sites is 1. The van der Waals surface area contributed by atoms with Crippen LogP contribution in [-0.4, -0.2) is 29.7 Å². The van der Waals surface area contributed by atoms with Crippen LogP contribution in [0.1, 0.15) is 26.3 Å². The van der Waals surface area contributed by atoms with Gasteiger partial charge < -0.3 is 15.3 Å². The molecule has 7 heteroatoms. The van der Waals surface area contributed by atoms with Crippen LogP contribution in [-0.2, 0) is 6.54 Å². The second kappa shape index (κ2) is 8.67. The minimum absolute atomic E-state index is 0.0959. The van der Waals surface area contributed by atoms with Crippen LogP contribution in [0.5, 0.6) is 0 Å². The molecule has 1 aliphatic rings. The molecule has 0 saturated carbocycles. The normalized spacial score (nSPS) is 15.8. The van der Waals surface area contributed by atoms with Crippen molar-refractivity contribution < 1.29 is 14.7 Å². The molecule has 152 valence electrons. The largest absolute Gasteiger partial charge is 0.377 e. The predicted octanol–water partition coefficient (Wildman–Crippen LogP) is 3.66. The van der Waals surface area contributed by atoms with E-state index in [-0.39, 0.29) is 23.4 Å². The van der Waals surface area contributed by atoms with Crippen LogP contribution in [0.15, 0.2) is 72.8 Å². The van der Waals surface area contributed by atoms with Gasteiger partial charge in [0.1, 0.15) is 6.23 Å². The molecule has 0 radical (unpaired) electrons. The Balaban J connectivity index is 1.58. The van der Waals surface area contributed by atoms with E-state index in [0.29, 0.717) is 23.4 Å². The van der Waals surface area contributed by atoms with Gasteiger partial charge in [0.25, 0.3) is 11.8 Å². The number of β-amino-alcohol motifs (C(OH)–C–C–N with tert-alkyl or cyclic N) is 1. The highest BCUT2D eigenvalue weighted by Gasteiger charge is 2.27. The van der Waals surface area contributed by atoms with Gasteiger partial charge in [0, 0.05) is 23.5 Å². The first kappa shape index (κ1) is 20.1. The summed E-state index contributed by atoms with van der Waals surface area (Å²) in [6, 6.07) is 21.1. The fourth-order valence-electron chi connectivity index (χ4n) is 3.38. The number of hydrogen-bond donors (Lipinski definition) is 3. The zero-order chi connectivity index (χ0) is 21.1. The second-order valence-electron chi connectivity index (χ2n) is 6.96. The Hall–Kier alpha value is -3.19. The maximum Gasteiger partial charge on any atom is 0.259 e. The van der Waals surface area contributed by atoms with Crippen molar-refractivity contribution in [3.8, 4) is 0 Å². The van der Waals surface area contributed by atoms with E-state index < -0.39 is 6.23 Å². The number of anilines is 2. The number of fused-ring (bicyclic) bond motifs is 1. The van der Waals surface area contributed by atoms with Gasteiger partial charge in [-0.3, -0.25) is 14.9 Å². The number of nitrogens with zero attached hydrogens (tertiary/aromatic N) is 1. The summed E-state index contributed by atoms with van der Waals surface area (Å²) < 4.78 is 0. The van der Waals surface area contributed by atoms with Crippen LogP contribution in [0.2, 0.25) is 5.02 Å². The second-order valence-corrected chi connectivity index (χ2v) is 7.36. The van der Waals surface area contributed by atoms with Gasteiger partial charge in [0.05, 0.1) is 17.1 Å². The third-order valence-corrected chi connectivity index (χ3v) is 5.22. The van der Waals surface area contributed by atoms with Crippen molar-refractivity contribution in [2.45, 2.75) is 12.8 Å². The van der Waals surface area contributed by atoms with Gasteiger partial charge in [-0.05, 0) is 42.0 Å². The number of carbonyl (C=O) groups is 2. The Kier molecular flexibility index (Phi) is 5.81. The number of hydrogen-bond acceptors (Lipinski definition) is 4. The summed E-state index contributed by atoms with van der Waals surface area (Å²) in [7, 11) is 0. The smallest absolute Gasteiger partial charge is 0.259 e. The Labute approximate surface area is 179 Å². The van der Waals surface area contributed by atoms with Crippen molar-refractivity contribution in [1.29, 1.82) is 0 Å². The Morgan fingerprint density at radius 1 is 1.03 bits per heavy atom. The third kappa shape index (κ3) is 4.21. The van der Waals surface area contributed by atoms with E-state index in [2.05, 4.69) is 10.6 Å². The maximum absolute atomic E-state index is 13.3. The molecule has 1 atom stereocenters. The monoisotopic (exact) mass is 421 g/mol. The molecule has 4 rings (SSSR count). The lowest BCUT2D eigenvalue weighted by Crippen LogP contribution is -2.41.